The van der Waals surface area contributed by atoms with E-state index in [2.05, 4.69) is 215 Å². The van der Waals surface area contributed by atoms with Crippen LogP contribution in [0.5, 0.6) is 0 Å². The number of hydrogen-bond acceptors (Lipinski definition) is 3. The fourth-order valence-electron chi connectivity index (χ4n) is 9.88. The fraction of sp³-hybridized carbons (Fsp3) is 0.113. The molecule has 0 aliphatic heterocycles. The molecular weight excluding hydrogens is 801 g/mol. The molecule has 2 aromatic heterocycles. The van der Waals surface area contributed by atoms with Gasteiger partial charge in [0, 0.05) is 38.6 Å². The molecule has 2 heterocycles. The van der Waals surface area contributed by atoms with Crippen molar-refractivity contribution in [2.75, 3.05) is 0 Å². The van der Waals surface area contributed by atoms with Gasteiger partial charge in [0.2, 0.25) is 0 Å². The van der Waals surface area contributed by atoms with Crippen LogP contribution in [-0.4, -0.2) is 19.5 Å². The van der Waals surface area contributed by atoms with Gasteiger partial charge in [-0.25, -0.2) is 15.0 Å². The first-order chi connectivity index (χ1) is 32.3. The normalized spacial score (nSPS) is 13.8. The molecule has 0 saturated carbocycles. The SMILES string of the molecule is C=CC1=C(/C(=C\C)c2ccc3c(c2)c2ccc(-c4cc(-c5ccccc5)cc(-c5nc(C(/C=C\C)=C/CC)nc(-c6ccccc6)n5)c4)cc2n3-c2ccccc2)c2ccccc2C1(C)C. The Bertz CT molecular complexity index is 3440. The van der Waals surface area contributed by atoms with Crippen molar-refractivity contribution in [2.45, 2.75) is 46.5 Å². The quantitative estimate of drug-likeness (QED) is 0.122. The van der Waals surface area contributed by atoms with Crippen LogP contribution in [0.2, 0.25) is 0 Å². The summed E-state index contributed by atoms with van der Waals surface area (Å²) in [7, 11) is 0. The molecule has 320 valence electrons. The largest absolute Gasteiger partial charge is 0.309 e. The van der Waals surface area contributed by atoms with Gasteiger partial charge in [-0.1, -0.05) is 179 Å². The first-order valence-electron chi connectivity index (χ1n) is 22.9. The van der Waals surface area contributed by atoms with E-state index in [9.17, 15) is 0 Å². The van der Waals surface area contributed by atoms with E-state index in [0.29, 0.717) is 17.5 Å². The summed E-state index contributed by atoms with van der Waals surface area (Å²) in [6, 6.07) is 60.9. The van der Waals surface area contributed by atoms with Crippen molar-refractivity contribution in [3.63, 3.8) is 0 Å². The third-order valence-corrected chi connectivity index (χ3v) is 13.0. The molecule has 0 bridgehead atoms. The number of para-hydroxylation sites is 1. The summed E-state index contributed by atoms with van der Waals surface area (Å²) in [5, 5.41) is 2.39. The molecule has 0 unspecified atom stereocenters. The topological polar surface area (TPSA) is 43.6 Å². The Morgan fingerprint density at radius 2 is 1.23 bits per heavy atom. The highest BCUT2D eigenvalue weighted by molar-refractivity contribution is 6.15. The van der Waals surface area contributed by atoms with Crippen LogP contribution in [0, 0.1) is 0 Å². The lowest BCUT2D eigenvalue weighted by atomic mass is 9.81. The number of allylic oxidation sites excluding steroid dienone is 9. The molecule has 0 N–H and O–H groups in total. The zero-order valence-corrected chi connectivity index (χ0v) is 38.3. The van der Waals surface area contributed by atoms with Crippen LogP contribution in [0.15, 0.2) is 212 Å². The van der Waals surface area contributed by atoms with Crippen molar-refractivity contribution in [1.29, 1.82) is 0 Å². The Balaban J connectivity index is 1.18. The molecule has 0 fully saturated rings. The standard InChI is InChI=1S/C62H52N4/c1-7-22-42(23-8-2)59-63-60(43-26-16-12-17-27-43)65-61(64-59)48-37-46(41-24-14-11-15-25-41)36-47(38-48)44-32-34-51-53-39-45(33-35-56(53)66(57(51)40-44)49-28-18-13-19-29-49)50(9-3)58-52-30-20-21-31-55(52)62(5,6)54(58)10-4/h7,9-40H,4,8H2,1-3,5-6H3/b22-7-,42-23+,50-9-. The van der Waals surface area contributed by atoms with Crippen LogP contribution in [0.25, 0.3) is 89.2 Å². The van der Waals surface area contributed by atoms with Gasteiger partial charge in [0.1, 0.15) is 0 Å². The predicted octanol–water partition coefficient (Wildman–Crippen LogP) is 16.3. The maximum Gasteiger partial charge on any atom is 0.164 e. The van der Waals surface area contributed by atoms with Gasteiger partial charge in [0.15, 0.2) is 17.5 Å². The number of hydrogen-bond donors (Lipinski definition) is 0. The van der Waals surface area contributed by atoms with Crippen molar-refractivity contribution >= 4 is 38.5 Å². The second-order valence-electron chi connectivity index (χ2n) is 17.4. The van der Waals surface area contributed by atoms with E-state index in [1.165, 1.54) is 44.2 Å². The minimum atomic E-state index is -0.152. The Kier molecular flexibility index (Phi) is 11.2. The van der Waals surface area contributed by atoms with Crippen molar-refractivity contribution in [3.8, 4) is 50.7 Å². The molecular formula is C62H52N4. The van der Waals surface area contributed by atoms with E-state index in [4.69, 9.17) is 15.0 Å². The molecule has 66 heavy (non-hydrogen) atoms. The van der Waals surface area contributed by atoms with Crippen molar-refractivity contribution in [3.05, 3.63) is 235 Å². The Morgan fingerprint density at radius 1 is 0.591 bits per heavy atom. The molecule has 1 aliphatic carbocycles. The van der Waals surface area contributed by atoms with Crippen LogP contribution < -0.4 is 0 Å². The maximum atomic E-state index is 5.20. The van der Waals surface area contributed by atoms with Crippen molar-refractivity contribution < 1.29 is 0 Å². The second kappa shape index (κ2) is 17.6. The predicted molar refractivity (Wildman–Crippen MR) is 279 cm³/mol. The molecule has 0 amide bonds. The number of benzene rings is 7. The highest BCUT2D eigenvalue weighted by atomic mass is 15.0. The number of rotatable bonds is 11. The fourth-order valence-corrected chi connectivity index (χ4v) is 9.88. The van der Waals surface area contributed by atoms with Crippen LogP contribution in [0.3, 0.4) is 0 Å². The van der Waals surface area contributed by atoms with Crippen molar-refractivity contribution in [2.24, 2.45) is 0 Å². The Morgan fingerprint density at radius 3 is 1.91 bits per heavy atom. The molecule has 10 rings (SSSR count). The number of fused-ring (bicyclic) bond motifs is 4. The van der Waals surface area contributed by atoms with Crippen LogP contribution in [0.1, 0.15) is 63.6 Å². The van der Waals surface area contributed by atoms with Crippen LogP contribution >= 0.6 is 0 Å². The summed E-state index contributed by atoms with van der Waals surface area (Å²) >= 11 is 0. The third kappa shape index (κ3) is 7.44. The minimum absolute atomic E-state index is 0.152. The van der Waals surface area contributed by atoms with Crippen LogP contribution in [-0.2, 0) is 5.41 Å². The smallest absolute Gasteiger partial charge is 0.164 e. The molecule has 0 spiro atoms. The average molecular weight is 853 g/mol. The summed E-state index contributed by atoms with van der Waals surface area (Å²) in [5.41, 5.74) is 18.0. The highest BCUT2D eigenvalue weighted by Gasteiger charge is 2.37. The van der Waals surface area contributed by atoms with E-state index >= 15 is 0 Å². The van der Waals surface area contributed by atoms with Gasteiger partial charge in [0.05, 0.1) is 11.0 Å². The summed E-state index contributed by atoms with van der Waals surface area (Å²) in [5.74, 6) is 1.91. The molecule has 0 radical (unpaired) electrons. The van der Waals surface area contributed by atoms with E-state index in [-0.39, 0.29) is 5.41 Å². The summed E-state index contributed by atoms with van der Waals surface area (Å²) in [6.45, 7) is 15.3. The van der Waals surface area contributed by atoms with E-state index in [0.717, 1.165) is 62.1 Å². The van der Waals surface area contributed by atoms with E-state index in [1.54, 1.807) is 0 Å². The zero-order chi connectivity index (χ0) is 45.4. The lowest BCUT2D eigenvalue weighted by Crippen LogP contribution is -2.15. The molecule has 1 aliphatic rings. The summed E-state index contributed by atoms with van der Waals surface area (Å²) in [6.07, 6.45) is 11.5. The molecule has 0 atom stereocenters. The molecule has 9 aromatic rings. The first-order valence-corrected chi connectivity index (χ1v) is 22.9. The van der Waals surface area contributed by atoms with Gasteiger partial charge in [-0.15, -0.1) is 0 Å². The van der Waals surface area contributed by atoms with Gasteiger partial charge >= 0.3 is 0 Å². The summed E-state index contributed by atoms with van der Waals surface area (Å²) < 4.78 is 2.41. The summed E-state index contributed by atoms with van der Waals surface area (Å²) in [4.78, 5) is 15.4. The van der Waals surface area contributed by atoms with Gasteiger partial charge in [-0.05, 0) is 124 Å². The number of nitrogens with zero attached hydrogens (tertiary/aromatic N) is 4. The maximum absolute atomic E-state index is 5.20. The molecule has 4 nitrogen and oxygen atoms in total. The lowest BCUT2D eigenvalue weighted by Gasteiger charge is -2.22. The van der Waals surface area contributed by atoms with Gasteiger partial charge in [0.25, 0.3) is 0 Å². The lowest BCUT2D eigenvalue weighted by molar-refractivity contribution is 0.654. The monoisotopic (exact) mass is 852 g/mol. The van der Waals surface area contributed by atoms with Gasteiger partial charge in [-0.3, -0.25) is 0 Å². The molecule has 7 aromatic carbocycles. The molecule has 4 heteroatoms. The third-order valence-electron chi connectivity index (χ3n) is 13.0. The Hall–Kier alpha value is -7.95. The van der Waals surface area contributed by atoms with Crippen LogP contribution in [0.4, 0.5) is 0 Å². The second-order valence-corrected chi connectivity index (χ2v) is 17.4. The van der Waals surface area contributed by atoms with Gasteiger partial charge in [-0.2, -0.15) is 0 Å². The minimum Gasteiger partial charge on any atom is -0.309 e. The zero-order valence-electron chi connectivity index (χ0n) is 38.3. The average Bonchev–Trinajstić information content (AvgIpc) is 3.81. The highest BCUT2D eigenvalue weighted by Crippen LogP contribution is 2.51. The van der Waals surface area contributed by atoms with E-state index in [1.807, 2.05) is 31.2 Å². The Labute approximate surface area is 388 Å². The van der Waals surface area contributed by atoms with E-state index < -0.39 is 0 Å². The number of aromatic nitrogens is 4. The van der Waals surface area contributed by atoms with Crippen molar-refractivity contribution in [1.82, 2.24) is 19.5 Å². The van der Waals surface area contributed by atoms with Gasteiger partial charge < -0.3 is 4.57 Å². The molecule has 0 saturated heterocycles. The first kappa shape index (κ1) is 42.0.